The molecule has 4 atom stereocenters. The monoisotopic (exact) mass is 596 g/mol. The Bertz CT molecular complexity index is 2140. The summed E-state index contributed by atoms with van der Waals surface area (Å²) in [6.07, 6.45) is 3.12. The van der Waals surface area contributed by atoms with Crippen LogP contribution in [-0.4, -0.2) is 23.9 Å². The number of hydrogen-bond donors (Lipinski definition) is 4. The van der Waals surface area contributed by atoms with Crippen LogP contribution in [0.2, 0.25) is 0 Å². The summed E-state index contributed by atoms with van der Waals surface area (Å²) in [5, 5.41) is 10.6. The molecule has 2 heterocycles. The van der Waals surface area contributed by atoms with Gasteiger partial charge in [0.25, 0.3) is 11.8 Å². The number of imide groups is 2. The molecule has 0 bridgehead atoms. The molecule has 4 fully saturated rings. The Morgan fingerprint density at radius 2 is 0.978 bits per heavy atom. The molecule has 6 amide bonds. The summed E-state index contributed by atoms with van der Waals surface area (Å²) in [6.45, 7) is 0. The maximum atomic E-state index is 14.4. The molecule has 4 aromatic carbocycles. The first kappa shape index (κ1) is 25.1. The van der Waals surface area contributed by atoms with Gasteiger partial charge in [0.1, 0.15) is 5.82 Å². The highest BCUT2D eigenvalue weighted by Crippen LogP contribution is 2.59. The minimum Gasteiger partial charge on any atom is -0.316 e. The third kappa shape index (κ3) is 3.10. The lowest BCUT2D eigenvalue weighted by Crippen LogP contribution is -2.43. The van der Waals surface area contributed by atoms with Gasteiger partial charge >= 0.3 is 12.1 Å². The molecule has 10 rings (SSSR count). The number of rotatable bonds is 3. The second-order valence-corrected chi connectivity index (χ2v) is 13.1. The Balaban J connectivity index is 1.04. The molecule has 0 radical (unpaired) electrons. The second kappa shape index (κ2) is 8.04. The SMILES string of the molecule is O=C1NC(=O)C2(N1)c1cc(F)ccc1-c1ccc(C3CC3c3ccc4c(c3)[C@]3(NC(=O)NC3=O)c3cc(C5CC5)ccc3-4)cc12. The van der Waals surface area contributed by atoms with E-state index in [1.165, 1.54) is 17.7 Å². The normalized spacial score (nSPS) is 27.9. The molecule has 0 aromatic heterocycles. The zero-order valence-electron chi connectivity index (χ0n) is 23.8. The highest BCUT2D eigenvalue weighted by molar-refractivity contribution is 6.14. The smallest absolute Gasteiger partial charge is 0.316 e. The van der Waals surface area contributed by atoms with Crippen LogP contribution >= 0.6 is 0 Å². The highest BCUT2D eigenvalue weighted by Gasteiger charge is 2.57. The van der Waals surface area contributed by atoms with Gasteiger partial charge in [-0.2, -0.15) is 0 Å². The summed E-state index contributed by atoms with van der Waals surface area (Å²) in [7, 11) is 0. The second-order valence-electron chi connectivity index (χ2n) is 13.1. The summed E-state index contributed by atoms with van der Waals surface area (Å²) >= 11 is 0. The lowest BCUT2D eigenvalue weighted by Gasteiger charge is -2.24. The van der Waals surface area contributed by atoms with Crippen LogP contribution in [0.5, 0.6) is 0 Å². The van der Waals surface area contributed by atoms with E-state index in [4.69, 9.17) is 0 Å². The van der Waals surface area contributed by atoms with Crippen molar-refractivity contribution >= 4 is 23.9 Å². The fraction of sp³-hybridized carbons (Fsp3) is 0.222. The van der Waals surface area contributed by atoms with E-state index >= 15 is 0 Å². The molecule has 3 unspecified atom stereocenters. The lowest BCUT2D eigenvalue weighted by molar-refractivity contribution is -0.123. The lowest BCUT2D eigenvalue weighted by atomic mass is 9.85. The van der Waals surface area contributed by atoms with E-state index in [-0.39, 0.29) is 17.7 Å². The van der Waals surface area contributed by atoms with Crippen molar-refractivity contribution in [3.8, 4) is 22.3 Å². The summed E-state index contributed by atoms with van der Waals surface area (Å²) in [5.74, 6) is -0.569. The number of hydrogen-bond acceptors (Lipinski definition) is 4. The van der Waals surface area contributed by atoms with Gasteiger partial charge in [-0.3, -0.25) is 20.2 Å². The molecule has 4 aliphatic carbocycles. The zero-order chi connectivity index (χ0) is 30.4. The number of carbonyl (C=O) groups is 4. The Kier molecular flexibility index (Phi) is 4.48. The van der Waals surface area contributed by atoms with E-state index in [2.05, 4.69) is 57.7 Å². The van der Waals surface area contributed by atoms with Gasteiger partial charge in [0.2, 0.25) is 0 Å². The first-order valence-electron chi connectivity index (χ1n) is 15.3. The van der Waals surface area contributed by atoms with Gasteiger partial charge in [0.15, 0.2) is 11.1 Å². The molecule has 2 saturated heterocycles. The molecule has 8 nitrogen and oxygen atoms in total. The largest absolute Gasteiger partial charge is 0.322 e. The Hall–Kier alpha value is -5.31. The number of carbonyl (C=O) groups excluding carboxylic acids is 4. The summed E-state index contributed by atoms with van der Waals surface area (Å²) < 4.78 is 14.4. The average molecular weight is 597 g/mol. The molecule has 220 valence electrons. The highest BCUT2D eigenvalue weighted by atomic mass is 19.1. The topological polar surface area (TPSA) is 116 Å². The number of urea groups is 2. The van der Waals surface area contributed by atoms with Crippen molar-refractivity contribution < 1.29 is 23.6 Å². The number of benzene rings is 4. The van der Waals surface area contributed by atoms with Crippen molar-refractivity contribution in [1.29, 1.82) is 0 Å². The van der Waals surface area contributed by atoms with Crippen LogP contribution in [-0.2, 0) is 20.7 Å². The van der Waals surface area contributed by atoms with Crippen LogP contribution in [0.4, 0.5) is 14.0 Å². The van der Waals surface area contributed by atoms with Gasteiger partial charge in [-0.15, -0.1) is 0 Å². The van der Waals surface area contributed by atoms with E-state index in [0.29, 0.717) is 22.6 Å². The molecule has 45 heavy (non-hydrogen) atoms. The third-order valence-electron chi connectivity index (χ3n) is 10.7. The van der Waals surface area contributed by atoms with Gasteiger partial charge < -0.3 is 10.6 Å². The molecular weight excluding hydrogens is 571 g/mol. The van der Waals surface area contributed by atoms with Gasteiger partial charge in [-0.25, -0.2) is 14.0 Å². The standard InChI is InChI=1S/C36H25FN4O4/c37-20-6-10-24-23-9-5-19(13-29(23)36(30(24)14-20)32(43)39-34(45)41-36)26-15-25(26)18-4-8-22-21-7-3-17(16-1-2-16)11-27(21)35(28(22)12-18)31(42)38-33(44)40-35/h3-14,16,25-26H,1-2,15H2,(H2,38,40,42,44)(H2,39,41,43,45)/t25?,26?,35-,36?/m1/s1. The summed E-state index contributed by atoms with van der Waals surface area (Å²) in [5.41, 5.74) is 6.61. The number of nitrogens with one attached hydrogen (secondary N) is 4. The molecule has 4 N–H and O–H groups in total. The van der Waals surface area contributed by atoms with Crippen LogP contribution < -0.4 is 21.3 Å². The number of fused-ring (bicyclic) bond motifs is 10. The van der Waals surface area contributed by atoms with Crippen molar-refractivity contribution in [2.75, 3.05) is 0 Å². The fourth-order valence-electron chi connectivity index (χ4n) is 8.41. The number of amides is 6. The zero-order valence-corrected chi connectivity index (χ0v) is 23.8. The van der Waals surface area contributed by atoms with Gasteiger partial charge in [-0.1, -0.05) is 60.7 Å². The predicted molar refractivity (Wildman–Crippen MR) is 161 cm³/mol. The van der Waals surface area contributed by atoms with Gasteiger partial charge in [0.05, 0.1) is 0 Å². The van der Waals surface area contributed by atoms with E-state index < -0.39 is 34.9 Å². The molecule has 2 aliphatic heterocycles. The minimum atomic E-state index is -1.48. The van der Waals surface area contributed by atoms with Crippen molar-refractivity contribution in [2.24, 2.45) is 0 Å². The van der Waals surface area contributed by atoms with E-state index in [1.54, 1.807) is 6.07 Å². The van der Waals surface area contributed by atoms with Crippen LogP contribution in [0.3, 0.4) is 0 Å². The maximum absolute atomic E-state index is 14.4. The molecule has 4 aromatic rings. The first-order valence-corrected chi connectivity index (χ1v) is 15.3. The molecular formula is C36H25FN4O4. The fourth-order valence-corrected chi connectivity index (χ4v) is 8.41. The Morgan fingerprint density at radius 3 is 1.42 bits per heavy atom. The van der Waals surface area contributed by atoms with Crippen LogP contribution in [0.1, 0.15) is 76.0 Å². The third-order valence-corrected chi connectivity index (χ3v) is 10.7. The number of halogens is 1. The van der Waals surface area contributed by atoms with Crippen LogP contribution in [0.25, 0.3) is 22.3 Å². The molecule has 2 spiro atoms. The molecule has 6 aliphatic rings. The van der Waals surface area contributed by atoms with E-state index in [0.717, 1.165) is 58.2 Å². The summed E-state index contributed by atoms with van der Waals surface area (Å²) in [6, 6.07) is 21.7. The van der Waals surface area contributed by atoms with E-state index in [1.807, 2.05) is 18.2 Å². The van der Waals surface area contributed by atoms with Crippen LogP contribution in [0.15, 0.2) is 72.8 Å². The Morgan fingerprint density at radius 1 is 0.556 bits per heavy atom. The minimum absolute atomic E-state index is 0.138. The predicted octanol–water partition coefficient (Wildman–Crippen LogP) is 5.10. The quantitative estimate of drug-likeness (QED) is 0.246. The van der Waals surface area contributed by atoms with Crippen molar-refractivity contribution in [3.63, 3.8) is 0 Å². The van der Waals surface area contributed by atoms with Crippen molar-refractivity contribution in [2.45, 2.75) is 48.1 Å². The van der Waals surface area contributed by atoms with Crippen LogP contribution in [0, 0.1) is 5.82 Å². The molecule has 9 heteroatoms. The first-order chi connectivity index (χ1) is 21.8. The Labute approximate surface area is 256 Å². The van der Waals surface area contributed by atoms with Gasteiger partial charge in [0, 0.05) is 5.56 Å². The van der Waals surface area contributed by atoms with Crippen molar-refractivity contribution in [3.05, 3.63) is 118 Å². The van der Waals surface area contributed by atoms with E-state index in [9.17, 15) is 23.6 Å². The van der Waals surface area contributed by atoms with Crippen molar-refractivity contribution in [1.82, 2.24) is 21.3 Å². The average Bonchev–Trinajstić information content (AvgIpc) is 3.94. The maximum Gasteiger partial charge on any atom is 0.322 e. The summed E-state index contributed by atoms with van der Waals surface area (Å²) in [4.78, 5) is 51.7. The molecule has 2 saturated carbocycles. The van der Waals surface area contributed by atoms with Gasteiger partial charge in [-0.05, 0) is 105 Å².